The van der Waals surface area contributed by atoms with E-state index >= 15 is 0 Å². The monoisotopic (exact) mass is 447 g/mol. The van der Waals surface area contributed by atoms with Gasteiger partial charge in [-0.2, -0.15) is 0 Å². The first-order valence-electron chi connectivity index (χ1n) is 10.6. The second kappa shape index (κ2) is 11.9. The van der Waals surface area contributed by atoms with Crippen molar-refractivity contribution in [1.29, 1.82) is 0 Å². The number of esters is 1. The van der Waals surface area contributed by atoms with Gasteiger partial charge in [0.15, 0.2) is 0 Å². The Morgan fingerprint density at radius 1 is 1.16 bits per heavy atom. The minimum absolute atomic E-state index is 0.174. The molecule has 6 nitrogen and oxygen atoms in total. The van der Waals surface area contributed by atoms with Gasteiger partial charge in [0.2, 0.25) is 0 Å². The van der Waals surface area contributed by atoms with Gasteiger partial charge >= 0.3 is 5.97 Å². The van der Waals surface area contributed by atoms with Gasteiger partial charge < -0.3 is 24.2 Å². The van der Waals surface area contributed by atoms with Gasteiger partial charge in [0.05, 0.1) is 7.11 Å². The average molecular weight is 448 g/mol. The molecule has 2 aromatic carbocycles. The van der Waals surface area contributed by atoms with E-state index in [0.29, 0.717) is 30.2 Å². The van der Waals surface area contributed by atoms with Gasteiger partial charge in [0.1, 0.15) is 30.3 Å². The number of piperidine rings is 1. The smallest absolute Gasteiger partial charge is 0.305 e. The summed E-state index contributed by atoms with van der Waals surface area (Å²) in [5.41, 5.74) is 0.931. The number of carbonyl (C=O) groups is 1. The zero-order chi connectivity index (χ0) is 22.1. The molecule has 3 rings (SSSR count). The number of rotatable bonds is 10. The second-order valence-electron chi connectivity index (χ2n) is 7.72. The van der Waals surface area contributed by atoms with Gasteiger partial charge in [0.25, 0.3) is 0 Å². The third-order valence-electron chi connectivity index (χ3n) is 5.35. The van der Waals surface area contributed by atoms with Crippen LogP contribution in [0.4, 0.5) is 0 Å². The fraction of sp³-hybridized carbons (Fsp3) is 0.458. The number of aryl methyl sites for hydroxylation is 1. The Labute approximate surface area is 188 Å². The Morgan fingerprint density at radius 2 is 1.87 bits per heavy atom. The normalized spacial score (nSPS) is 16.0. The van der Waals surface area contributed by atoms with Crippen LogP contribution in [0.5, 0.6) is 11.5 Å². The van der Waals surface area contributed by atoms with E-state index in [2.05, 4.69) is 4.90 Å². The van der Waals surface area contributed by atoms with Crippen LogP contribution in [0.2, 0.25) is 5.02 Å². The summed E-state index contributed by atoms with van der Waals surface area (Å²) in [5.74, 6) is 1.28. The number of methoxy groups -OCH3 is 1. The highest BCUT2D eigenvalue weighted by atomic mass is 35.5. The van der Waals surface area contributed by atoms with Gasteiger partial charge in [-0.05, 0) is 55.2 Å². The molecule has 1 unspecified atom stereocenters. The van der Waals surface area contributed by atoms with E-state index in [4.69, 9.17) is 25.8 Å². The predicted octanol–water partition coefficient (Wildman–Crippen LogP) is 3.73. The highest BCUT2D eigenvalue weighted by Crippen LogP contribution is 2.22. The van der Waals surface area contributed by atoms with Crippen molar-refractivity contribution in [1.82, 2.24) is 4.90 Å². The summed E-state index contributed by atoms with van der Waals surface area (Å²) in [6.07, 6.45) is 2.24. The lowest BCUT2D eigenvalue weighted by atomic mass is 10.1. The molecule has 1 fully saturated rings. The second-order valence-corrected chi connectivity index (χ2v) is 8.16. The molecule has 31 heavy (non-hydrogen) atoms. The molecule has 1 atom stereocenters. The van der Waals surface area contributed by atoms with Crippen LogP contribution in [0.25, 0.3) is 0 Å². The molecular weight excluding hydrogens is 418 g/mol. The number of para-hydroxylation sites is 1. The summed E-state index contributed by atoms with van der Waals surface area (Å²) in [6, 6.07) is 15.0. The molecule has 0 radical (unpaired) electrons. The van der Waals surface area contributed by atoms with Crippen molar-refractivity contribution in [3.8, 4) is 11.5 Å². The van der Waals surface area contributed by atoms with Crippen LogP contribution in [0.15, 0.2) is 48.5 Å². The molecule has 7 heteroatoms. The Morgan fingerprint density at radius 3 is 2.58 bits per heavy atom. The first-order chi connectivity index (χ1) is 15.0. The number of aliphatic hydroxyl groups is 1. The SMILES string of the molecule is COC(=O)CCc1ccccc1OCC(O)CN1CCC(Oc2ccc(Cl)cc2)CC1. The minimum Gasteiger partial charge on any atom is -0.491 e. The molecule has 1 aliphatic heterocycles. The van der Waals surface area contributed by atoms with E-state index in [-0.39, 0.29) is 18.7 Å². The third-order valence-corrected chi connectivity index (χ3v) is 5.60. The summed E-state index contributed by atoms with van der Waals surface area (Å²) in [6.45, 7) is 2.49. The van der Waals surface area contributed by atoms with Crippen molar-refractivity contribution < 1.29 is 24.1 Å². The van der Waals surface area contributed by atoms with Crippen molar-refractivity contribution in [2.75, 3.05) is 33.4 Å². The van der Waals surface area contributed by atoms with E-state index in [0.717, 1.165) is 37.2 Å². The fourth-order valence-electron chi connectivity index (χ4n) is 3.64. The van der Waals surface area contributed by atoms with Gasteiger partial charge in [-0.25, -0.2) is 0 Å². The molecule has 0 bridgehead atoms. The lowest BCUT2D eigenvalue weighted by Crippen LogP contribution is -2.43. The van der Waals surface area contributed by atoms with Crippen molar-refractivity contribution in [3.05, 3.63) is 59.1 Å². The number of hydrogen-bond donors (Lipinski definition) is 1. The van der Waals surface area contributed by atoms with Gasteiger partial charge in [-0.1, -0.05) is 29.8 Å². The molecule has 1 N–H and O–H groups in total. The number of carbonyl (C=O) groups excluding carboxylic acids is 1. The maximum absolute atomic E-state index is 11.4. The molecule has 0 spiro atoms. The summed E-state index contributed by atoms with van der Waals surface area (Å²) in [4.78, 5) is 13.6. The number of halogens is 1. The van der Waals surface area contributed by atoms with E-state index < -0.39 is 6.10 Å². The zero-order valence-electron chi connectivity index (χ0n) is 17.8. The van der Waals surface area contributed by atoms with Crippen LogP contribution in [0.1, 0.15) is 24.8 Å². The van der Waals surface area contributed by atoms with Crippen LogP contribution in [0, 0.1) is 0 Å². The molecule has 1 saturated heterocycles. The zero-order valence-corrected chi connectivity index (χ0v) is 18.6. The van der Waals surface area contributed by atoms with Crippen LogP contribution in [-0.2, 0) is 16.0 Å². The molecular formula is C24H30ClNO5. The topological polar surface area (TPSA) is 68.2 Å². The molecule has 0 saturated carbocycles. The van der Waals surface area contributed by atoms with E-state index in [1.165, 1.54) is 7.11 Å². The first kappa shape index (κ1) is 23.4. The maximum Gasteiger partial charge on any atom is 0.305 e. The third kappa shape index (κ3) is 7.73. The Balaban J connectivity index is 1.39. The summed E-state index contributed by atoms with van der Waals surface area (Å²) in [5, 5.41) is 11.2. The Kier molecular flexibility index (Phi) is 9.00. The summed E-state index contributed by atoms with van der Waals surface area (Å²) in [7, 11) is 1.38. The largest absolute Gasteiger partial charge is 0.491 e. The van der Waals surface area contributed by atoms with E-state index in [9.17, 15) is 9.90 Å². The number of likely N-dealkylation sites (tertiary alicyclic amines) is 1. The van der Waals surface area contributed by atoms with Gasteiger partial charge in [-0.15, -0.1) is 0 Å². The quantitative estimate of drug-likeness (QED) is 0.560. The van der Waals surface area contributed by atoms with E-state index in [1.54, 1.807) is 0 Å². The first-order valence-corrected chi connectivity index (χ1v) is 11.0. The molecule has 1 heterocycles. The lowest BCUT2D eigenvalue weighted by Gasteiger charge is -2.33. The molecule has 0 aromatic heterocycles. The summed E-state index contributed by atoms with van der Waals surface area (Å²) < 4.78 is 16.6. The van der Waals surface area contributed by atoms with Crippen LogP contribution < -0.4 is 9.47 Å². The van der Waals surface area contributed by atoms with Crippen molar-refractivity contribution >= 4 is 17.6 Å². The lowest BCUT2D eigenvalue weighted by molar-refractivity contribution is -0.140. The van der Waals surface area contributed by atoms with Crippen molar-refractivity contribution in [2.45, 2.75) is 37.9 Å². The van der Waals surface area contributed by atoms with Crippen molar-refractivity contribution in [3.63, 3.8) is 0 Å². The fourth-order valence-corrected chi connectivity index (χ4v) is 3.77. The molecule has 168 valence electrons. The number of hydrogen-bond acceptors (Lipinski definition) is 6. The highest BCUT2D eigenvalue weighted by molar-refractivity contribution is 6.30. The Bertz CT molecular complexity index is 821. The standard InChI is InChI=1S/C24H30ClNO5/c1-29-24(28)11-6-18-4-2-3-5-23(18)30-17-20(27)16-26-14-12-22(13-15-26)31-21-9-7-19(25)8-10-21/h2-5,7-10,20,22,27H,6,11-17H2,1H3. The molecule has 2 aromatic rings. The minimum atomic E-state index is -0.595. The van der Waals surface area contributed by atoms with Crippen LogP contribution >= 0.6 is 11.6 Å². The predicted molar refractivity (Wildman–Crippen MR) is 120 cm³/mol. The maximum atomic E-state index is 11.4. The van der Waals surface area contributed by atoms with Gasteiger partial charge in [0, 0.05) is 31.1 Å². The van der Waals surface area contributed by atoms with Gasteiger partial charge in [-0.3, -0.25) is 4.79 Å². The van der Waals surface area contributed by atoms with E-state index in [1.807, 2.05) is 48.5 Å². The van der Waals surface area contributed by atoms with Crippen LogP contribution in [-0.4, -0.2) is 61.5 Å². The van der Waals surface area contributed by atoms with Crippen molar-refractivity contribution in [2.24, 2.45) is 0 Å². The van der Waals surface area contributed by atoms with Crippen LogP contribution in [0.3, 0.4) is 0 Å². The molecule has 0 amide bonds. The number of β-amino-alcohol motifs (C(OH)–C–C–N with tert-alkyl or cyclic N) is 1. The number of aliphatic hydroxyl groups excluding tert-OH is 1. The number of nitrogens with zero attached hydrogens (tertiary/aromatic N) is 1. The highest BCUT2D eigenvalue weighted by Gasteiger charge is 2.22. The Hall–Kier alpha value is -2.28. The number of benzene rings is 2. The molecule has 0 aliphatic carbocycles. The number of ether oxygens (including phenoxy) is 3. The average Bonchev–Trinajstić information content (AvgIpc) is 2.79. The molecule has 1 aliphatic rings. The summed E-state index contributed by atoms with van der Waals surface area (Å²) >= 11 is 5.91.